The lowest BCUT2D eigenvalue weighted by Gasteiger charge is -2.16. The molecule has 1 aromatic carbocycles. The molecule has 0 aliphatic carbocycles. The van der Waals surface area contributed by atoms with Gasteiger partial charge in [-0.2, -0.15) is 0 Å². The van der Waals surface area contributed by atoms with Crippen LogP contribution in [0.1, 0.15) is 17.0 Å². The van der Waals surface area contributed by atoms with Gasteiger partial charge < -0.3 is 10.1 Å². The van der Waals surface area contributed by atoms with Crippen LogP contribution in [0.3, 0.4) is 0 Å². The van der Waals surface area contributed by atoms with E-state index in [1.807, 2.05) is 0 Å². The third-order valence-electron chi connectivity index (χ3n) is 3.22. The Hall–Kier alpha value is -1.35. The van der Waals surface area contributed by atoms with Crippen molar-refractivity contribution in [3.63, 3.8) is 0 Å². The van der Waals surface area contributed by atoms with E-state index in [-0.39, 0.29) is 17.8 Å². The lowest BCUT2D eigenvalue weighted by molar-refractivity contribution is -0.145. The van der Waals surface area contributed by atoms with Gasteiger partial charge >= 0.3 is 5.97 Å². The topological polar surface area (TPSA) is 38.3 Å². The van der Waals surface area contributed by atoms with Crippen molar-refractivity contribution in [1.29, 1.82) is 0 Å². The van der Waals surface area contributed by atoms with E-state index in [0.29, 0.717) is 6.54 Å². The first-order valence-electron chi connectivity index (χ1n) is 5.57. The number of rotatable bonds is 2. The molecular weight excluding hydrogens is 202 g/mol. The molecule has 0 saturated carbocycles. The number of methoxy groups -OCH3 is 1. The van der Waals surface area contributed by atoms with Crippen molar-refractivity contribution in [3.05, 3.63) is 35.4 Å². The van der Waals surface area contributed by atoms with E-state index in [1.165, 1.54) is 18.2 Å². The Morgan fingerprint density at radius 1 is 1.31 bits per heavy atom. The molecule has 1 saturated heterocycles. The fraction of sp³-hybridized carbons (Fsp3) is 0.462. The number of hydrogen-bond donors (Lipinski definition) is 1. The lowest BCUT2D eigenvalue weighted by atomic mass is 9.88. The Labute approximate surface area is 95.8 Å². The summed E-state index contributed by atoms with van der Waals surface area (Å²) < 4.78 is 4.83. The van der Waals surface area contributed by atoms with Gasteiger partial charge in [-0.3, -0.25) is 4.79 Å². The average molecular weight is 219 g/mol. The molecule has 0 unspecified atom stereocenters. The van der Waals surface area contributed by atoms with Crippen LogP contribution < -0.4 is 5.32 Å². The smallest absolute Gasteiger partial charge is 0.310 e. The van der Waals surface area contributed by atoms with Gasteiger partial charge in [-0.1, -0.05) is 29.8 Å². The highest BCUT2D eigenvalue weighted by Crippen LogP contribution is 2.29. The van der Waals surface area contributed by atoms with E-state index < -0.39 is 0 Å². The van der Waals surface area contributed by atoms with Crippen molar-refractivity contribution in [2.24, 2.45) is 5.92 Å². The zero-order chi connectivity index (χ0) is 11.5. The molecule has 1 fully saturated rings. The summed E-state index contributed by atoms with van der Waals surface area (Å²) in [5, 5.41) is 3.25. The molecule has 1 N–H and O–H groups in total. The Morgan fingerprint density at radius 2 is 2.00 bits per heavy atom. The summed E-state index contributed by atoms with van der Waals surface area (Å²) in [7, 11) is 1.45. The van der Waals surface area contributed by atoms with Crippen LogP contribution in [0, 0.1) is 12.8 Å². The van der Waals surface area contributed by atoms with E-state index in [1.54, 1.807) is 0 Å². The summed E-state index contributed by atoms with van der Waals surface area (Å²) in [6.07, 6.45) is 0. The second-order valence-corrected chi connectivity index (χ2v) is 4.31. The van der Waals surface area contributed by atoms with Crippen LogP contribution in [-0.2, 0) is 9.53 Å². The number of ether oxygens (including phenoxy) is 1. The predicted molar refractivity (Wildman–Crippen MR) is 62.3 cm³/mol. The van der Waals surface area contributed by atoms with Gasteiger partial charge in [-0.05, 0) is 12.5 Å². The highest BCUT2D eigenvalue weighted by Gasteiger charge is 2.34. The van der Waals surface area contributed by atoms with Crippen molar-refractivity contribution >= 4 is 5.97 Å². The first kappa shape index (κ1) is 11.1. The molecule has 1 aliphatic rings. The quantitative estimate of drug-likeness (QED) is 0.765. The van der Waals surface area contributed by atoms with Crippen molar-refractivity contribution in [2.45, 2.75) is 12.8 Å². The van der Waals surface area contributed by atoms with Gasteiger partial charge in [0.1, 0.15) is 0 Å². The van der Waals surface area contributed by atoms with Gasteiger partial charge in [0.2, 0.25) is 0 Å². The number of nitrogens with one attached hydrogen (secondary N) is 1. The summed E-state index contributed by atoms with van der Waals surface area (Å²) in [5.41, 5.74) is 2.45. The Bertz CT molecular complexity index is 372. The second-order valence-electron chi connectivity index (χ2n) is 4.31. The summed E-state index contributed by atoms with van der Waals surface area (Å²) in [4.78, 5) is 11.6. The Morgan fingerprint density at radius 3 is 2.62 bits per heavy atom. The molecule has 0 amide bonds. The molecular formula is C13H17NO2. The molecule has 1 heterocycles. The van der Waals surface area contributed by atoms with Gasteiger partial charge in [-0.15, -0.1) is 0 Å². The van der Waals surface area contributed by atoms with Crippen molar-refractivity contribution in [1.82, 2.24) is 5.32 Å². The van der Waals surface area contributed by atoms with Crippen LogP contribution >= 0.6 is 0 Å². The fourth-order valence-corrected chi connectivity index (χ4v) is 2.24. The standard InChI is InChI=1S/C13H17NO2/c1-9-3-5-10(6-4-9)11-7-14-8-12(11)13(15)16-2/h3-6,11-12,14H,7-8H2,1-2H3/t11-,12-/m1/s1. The fourth-order valence-electron chi connectivity index (χ4n) is 2.24. The average Bonchev–Trinajstić information content (AvgIpc) is 2.78. The molecule has 1 aromatic rings. The van der Waals surface area contributed by atoms with E-state index in [4.69, 9.17) is 4.74 Å². The highest BCUT2D eigenvalue weighted by atomic mass is 16.5. The molecule has 0 radical (unpaired) electrons. The number of aryl methyl sites for hydroxylation is 1. The number of hydrogen-bond acceptors (Lipinski definition) is 3. The van der Waals surface area contributed by atoms with E-state index in [2.05, 4.69) is 36.5 Å². The maximum Gasteiger partial charge on any atom is 0.310 e. The van der Waals surface area contributed by atoms with Crippen LogP contribution in [0.25, 0.3) is 0 Å². The first-order chi connectivity index (χ1) is 7.72. The van der Waals surface area contributed by atoms with Gasteiger partial charge in [0.05, 0.1) is 13.0 Å². The zero-order valence-electron chi connectivity index (χ0n) is 9.69. The number of carbonyl (C=O) groups excluding carboxylic acids is 1. The molecule has 0 spiro atoms. The number of carbonyl (C=O) groups is 1. The zero-order valence-corrected chi connectivity index (χ0v) is 9.69. The molecule has 3 heteroatoms. The monoisotopic (exact) mass is 219 g/mol. The van der Waals surface area contributed by atoms with E-state index >= 15 is 0 Å². The molecule has 0 aromatic heterocycles. The Kier molecular flexibility index (Phi) is 3.25. The molecule has 16 heavy (non-hydrogen) atoms. The molecule has 86 valence electrons. The van der Waals surface area contributed by atoms with Gasteiger partial charge in [-0.25, -0.2) is 0 Å². The molecule has 1 aliphatic heterocycles. The molecule has 2 rings (SSSR count). The lowest BCUT2D eigenvalue weighted by Crippen LogP contribution is -2.22. The van der Waals surface area contributed by atoms with E-state index in [9.17, 15) is 4.79 Å². The largest absolute Gasteiger partial charge is 0.469 e. The SMILES string of the molecule is COC(=O)[C@@H]1CNC[C@@H]1c1ccc(C)cc1. The highest BCUT2D eigenvalue weighted by molar-refractivity contribution is 5.74. The van der Waals surface area contributed by atoms with Gasteiger partial charge in [0, 0.05) is 19.0 Å². The van der Waals surface area contributed by atoms with Gasteiger partial charge in [0.15, 0.2) is 0 Å². The molecule has 0 bridgehead atoms. The predicted octanol–water partition coefficient (Wildman–Crippen LogP) is 1.47. The van der Waals surface area contributed by atoms with Crippen LogP contribution in [0.5, 0.6) is 0 Å². The maximum atomic E-state index is 11.6. The third-order valence-corrected chi connectivity index (χ3v) is 3.22. The molecule has 3 nitrogen and oxygen atoms in total. The van der Waals surface area contributed by atoms with Gasteiger partial charge in [0.25, 0.3) is 0 Å². The molecule has 2 atom stereocenters. The maximum absolute atomic E-state index is 11.6. The summed E-state index contributed by atoms with van der Waals surface area (Å²) in [5.74, 6) is 0.0799. The van der Waals surface area contributed by atoms with Crippen molar-refractivity contribution < 1.29 is 9.53 Å². The minimum atomic E-state index is -0.115. The first-order valence-corrected chi connectivity index (χ1v) is 5.57. The van der Waals surface area contributed by atoms with Crippen LogP contribution in [0.4, 0.5) is 0 Å². The van der Waals surface area contributed by atoms with Crippen LogP contribution in [0.2, 0.25) is 0 Å². The minimum Gasteiger partial charge on any atom is -0.469 e. The van der Waals surface area contributed by atoms with Crippen molar-refractivity contribution in [3.8, 4) is 0 Å². The third kappa shape index (κ3) is 2.09. The summed E-state index contributed by atoms with van der Waals surface area (Å²) in [6, 6.07) is 8.37. The Balaban J connectivity index is 2.19. The normalized spacial score (nSPS) is 24.4. The van der Waals surface area contributed by atoms with Crippen molar-refractivity contribution in [2.75, 3.05) is 20.2 Å². The van der Waals surface area contributed by atoms with Crippen LogP contribution in [-0.4, -0.2) is 26.2 Å². The summed E-state index contributed by atoms with van der Waals surface area (Å²) >= 11 is 0. The number of benzene rings is 1. The van der Waals surface area contributed by atoms with E-state index in [0.717, 1.165) is 6.54 Å². The summed E-state index contributed by atoms with van der Waals surface area (Å²) in [6.45, 7) is 3.63. The number of esters is 1. The van der Waals surface area contributed by atoms with Crippen LogP contribution in [0.15, 0.2) is 24.3 Å². The second kappa shape index (κ2) is 4.66. The minimum absolute atomic E-state index is 0.0484.